The number of carbonyl (C=O) groups excluding carboxylic acids is 1. The molecule has 0 spiro atoms. The lowest BCUT2D eigenvalue weighted by atomic mass is 10.1. The van der Waals surface area contributed by atoms with Gasteiger partial charge in [-0.3, -0.25) is 9.78 Å². The molecule has 1 heterocycles. The molecule has 1 amide bonds. The number of anilines is 1. The molecule has 0 radical (unpaired) electrons. The first kappa shape index (κ1) is 13.6. The van der Waals surface area contributed by atoms with E-state index in [0.717, 1.165) is 15.7 Å². The van der Waals surface area contributed by atoms with Gasteiger partial charge in [0.25, 0.3) is 0 Å². The number of carbonyl (C=O) groups is 1. The van der Waals surface area contributed by atoms with Crippen molar-refractivity contribution in [3.8, 4) is 0 Å². The third-order valence-electron chi connectivity index (χ3n) is 3.00. The Morgan fingerprint density at radius 1 is 1.24 bits per heavy atom. The summed E-state index contributed by atoms with van der Waals surface area (Å²) in [5.74, 6) is -0.632. The number of amides is 1. The van der Waals surface area contributed by atoms with E-state index < -0.39 is 5.76 Å². The second kappa shape index (κ2) is 5.57. The van der Waals surface area contributed by atoms with Gasteiger partial charge >= 0.3 is 5.76 Å². The van der Waals surface area contributed by atoms with Gasteiger partial charge in [0, 0.05) is 4.47 Å². The zero-order chi connectivity index (χ0) is 14.8. The molecule has 0 fully saturated rings. The van der Waals surface area contributed by atoms with Crippen LogP contribution in [0.1, 0.15) is 5.56 Å². The number of halogens is 1. The number of aromatic amines is 1. The van der Waals surface area contributed by atoms with Crippen LogP contribution in [-0.4, -0.2) is 10.9 Å². The lowest BCUT2D eigenvalue weighted by Gasteiger charge is -2.07. The number of rotatable bonds is 3. The standard InChI is InChI=1S/C15H11BrN2O3/c16-10-3-1-2-4-11(10)17-14(19)8-9-5-6-13-12(7-9)18-15(20)21-13/h1-7H,8H2,(H,17,19)(H,18,20). The van der Waals surface area contributed by atoms with Gasteiger partial charge in [-0.2, -0.15) is 0 Å². The van der Waals surface area contributed by atoms with Crippen LogP contribution in [0.4, 0.5) is 5.69 Å². The number of aromatic nitrogens is 1. The summed E-state index contributed by atoms with van der Waals surface area (Å²) in [7, 11) is 0. The number of nitrogens with one attached hydrogen (secondary N) is 2. The lowest BCUT2D eigenvalue weighted by molar-refractivity contribution is -0.115. The quantitative estimate of drug-likeness (QED) is 0.765. The molecule has 1 aromatic heterocycles. The van der Waals surface area contributed by atoms with Crippen LogP contribution in [0.25, 0.3) is 11.1 Å². The van der Waals surface area contributed by atoms with Gasteiger partial charge in [-0.1, -0.05) is 18.2 Å². The average Bonchev–Trinajstić information content (AvgIpc) is 2.80. The molecule has 2 aromatic carbocycles. The van der Waals surface area contributed by atoms with E-state index in [9.17, 15) is 9.59 Å². The fraction of sp³-hybridized carbons (Fsp3) is 0.0667. The molecule has 3 aromatic rings. The molecule has 6 heteroatoms. The van der Waals surface area contributed by atoms with E-state index in [1.165, 1.54) is 0 Å². The smallest absolute Gasteiger partial charge is 0.408 e. The van der Waals surface area contributed by atoms with Gasteiger partial charge < -0.3 is 9.73 Å². The molecule has 0 atom stereocenters. The van der Waals surface area contributed by atoms with Gasteiger partial charge in [0.15, 0.2) is 5.58 Å². The Bertz CT molecular complexity index is 866. The van der Waals surface area contributed by atoms with Gasteiger partial charge in [0.1, 0.15) is 0 Å². The van der Waals surface area contributed by atoms with Crippen LogP contribution in [0.5, 0.6) is 0 Å². The van der Waals surface area contributed by atoms with E-state index in [2.05, 4.69) is 26.2 Å². The minimum Gasteiger partial charge on any atom is -0.408 e. The maximum atomic E-state index is 12.0. The first-order valence-electron chi connectivity index (χ1n) is 6.28. The molecule has 21 heavy (non-hydrogen) atoms. The van der Waals surface area contributed by atoms with E-state index in [0.29, 0.717) is 11.1 Å². The topological polar surface area (TPSA) is 75.1 Å². The van der Waals surface area contributed by atoms with Crippen LogP contribution in [-0.2, 0) is 11.2 Å². The van der Waals surface area contributed by atoms with Crippen LogP contribution < -0.4 is 11.1 Å². The Morgan fingerprint density at radius 2 is 2.05 bits per heavy atom. The molecule has 5 nitrogen and oxygen atoms in total. The SMILES string of the molecule is O=C(Cc1ccc2oc(=O)[nH]c2c1)Nc1ccccc1Br. The third kappa shape index (κ3) is 3.05. The predicted molar refractivity (Wildman–Crippen MR) is 83.3 cm³/mol. The summed E-state index contributed by atoms with van der Waals surface area (Å²) in [6.07, 6.45) is 0.213. The van der Waals surface area contributed by atoms with Crippen molar-refractivity contribution >= 4 is 38.6 Å². The number of oxazole rings is 1. The molecule has 0 bridgehead atoms. The summed E-state index contributed by atoms with van der Waals surface area (Å²) in [6, 6.07) is 12.6. The average molecular weight is 347 g/mol. The zero-order valence-corrected chi connectivity index (χ0v) is 12.4. The van der Waals surface area contributed by atoms with Crippen molar-refractivity contribution in [3.05, 3.63) is 63.1 Å². The molecule has 0 unspecified atom stereocenters. The maximum Gasteiger partial charge on any atom is 0.417 e. The van der Waals surface area contributed by atoms with Crippen LogP contribution in [0.2, 0.25) is 0 Å². The van der Waals surface area contributed by atoms with Crippen molar-refractivity contribution in [2.75, 3.05) is 5.32 Å². The Balaban J connectivity index is 1.77. The minimum atomic E-state index is -0.500. The van der Waals surface area contributed by atoms with Crippen LogP contribution in [0, 0.1) is 0 Å². The number of hydrogen-bond acceptors (Lipinski definition) is 3. The highest BCUT2D eigenvalue weighted by molar-refractivity contribution is 9.10. The number of benzene rings is 2. The number of fused-ring (bicyclic) bond motifs is 1. The summed E-state index contributed by atoms with van der Waals surface area (Å²) in [5, 5.41) is 2.83. The fourth-order valence-corrected chi connectivity index (χ4v) is 2.44. The van der Waals surface area contributed by atoms with Crippen LogP contribution in [0.3, 0.4) is 0 Å². The van der Waals surface area contributed by atoms with Crippen molar-refractivity contribution in [1.82, 2.24) is 4.98 Å². The number of para-hydroxylation sites is 1. The Kier molecular flexibility index (Phi) is 3.62. The van der Waals surface area contributed by atoms with Crippen molar-refractivity contribution in [2.24, 2.45) is 0 Å². The van der Waals surface area contributed by atoms with Gasteiger partial charge in [-0.25, -0.2) is 4.79 Å². The monoisotopic (exact) mass is 346 g/mol. The fourth-order valence-electron chi connectivity index (χ4n) is 2.05. The molecule has 3 rings (SSSR count). The lowest BCUT2D eigenvalue weighted by Crippen LogP contribution is -2.14. The predicted octanol–water partition coefficient (Wildman–Crippen LogP) is 3.06. The molecule has 0 aliphatic rings. The van der Waals surface area contributed by atoms with E-state index >= 15 is 0 Å². The zero-order valence-electron chi connectivity index (χ0n) is 10.9. The van der Waals surface area contributed by atoms with E-state index in [-0.39, 0.29) is 12.3 Å². The number of H-pyrrole nitrogens is 1. The molecule has 0 aliphatic carbocycles. The molecule has 2 N–H and O–H groups in total. The largest absolute Gasteiger partial charge is 0.417 e. The molecule has 0 saturated heterocycles. The van der Waals surface area contributed by atoms with E-state index in [4.69, 9.17) is 4.42 Å². The van der Waals surface area contributed by atoms with Crippen molar-refractivity contribution in [1.29, 1.82) is 0 Å². The Hall–Kier alpha value is -2.34. The van der Waals surface area contributed by atoms with Crippen molar-refractivity contribution < 1.29 is 9.21 Å². The maximum absolute atomic E-state index is 12.0. The second-order valence-corrected chi connectivity index (χ2v) is 5.40. The van der Waals surface area contributed by atoms with E-state index in [1.807, 2.05) is 24.3 Å². The minimum absolute atomic E-state index is 0.132. The first-order chi connectivity index (χ1) is 10.1. The van der Waals surface area contributed by atoms with Crippen molar-refractivity contribution in [3.63, 3.8) is 0 Å². The number of hydrogen-bond donors (Lipinski definition) is 2. The summed E-state index contributed by atoms with van der Waals surface area (Å²) >= 11 is 3.38. The second-order valence-electron chi connectivity index (χ2n) is 4.55. The molecular weight excluding hydrogens is 336 g/mol. The first-order valence-corrected chi connectivity index (χ1v) is 7.07. The summed E-state index contributed by atoms with van der Waals surface area (Å²) in [4.78, 5) is 25.7. The summed E-state index contributed by atoms with van der Waals surface area (Å²) in [6.45, 7) is 0. The van der Waals surface area contributed by atoms with Crippen LogP contribution >= 0.6 is 15.9 Å². The summed E-state index contributed by atoms with van der Waals surface area (Å²) < 4.78 is 5.75. The van der Waals surface area contributed by atoms with E-state index in [1.54, 1.807) is 18.2 Å². The molecule has 0 aliphatic heterocycles. The normalized spacial score (nSPS) is 10.7. The summed E-state index contributed by atoms with van der Waals surface area (Å²) in [5.41, 5.74) is 2.59. The highest BCUT2D eigenvalue weighted by atomic mass is 79.9. The van der Waals surface area contributed by atoms with Gasteiger partial charge in [-0.15, -0.1) is 0 Å². The van der Waals surface area contributed by atoms with Crippen molar-refractivity contribution in [2.45, 2.75) is 6.42 Å². The van der Waals surface area contributed by atoms with Gasteiger partial charge in [-0.05, 0) is 45.8 Å². The van der Waals surface area contributed by atoms with Crippen LogP contribution in [0.15, 0.2) is 56.1 Å². The third-order valence-corrected chi connectivity index (χ3v) is 3.69. The highest BCUT2D eigenvalue weighted by Crippen LogP contribution is 2.21. The van der Waals surface area contributed by atoms with Gasteiger partial charge in [0.2, 0.25) is 5.91 Å². The highest BCUT2D eigenvalue weighted by Gasteiger charge is 2.08. The molecule has 106 valence electrons. The Morgan fingerprint density at radius 3 is 2.86 bits per heavy atom. The van der Waals surface area contributed by atoms with Gasteiger partial charge in [0.05, 0.1) is 17.6 Å². The molecular formula is C15H11BrN2O3. The molecule has 0 saturated carbocycles. The Labute approximate surface area is 128 Å².